The first-order chi connectivity index (χ1) is 16.5. The first-order valence-electron chi connectivity index (χ1n) is 10.9. The van der Waals surface area contributed by atoms with E-state index in [9.17, 15) is 9.59 Å². The molecule has 1 aromatic carbocycles. The zero-order valence-corrected chi connectivity index (χ0v) is 18.4. The summed E-state index contributed by atoms with van der Waals surface area (Å²) in [6.45, 7) is 1.12. The SMILES string of the molecule is N#Cc1ccc(NC(=O)N2CCC(Nc3cc(Cc4cnccn4)ncc3C(N)=O)CC2)cc1. The molecule has 3 aromatic rings. The summed E-state index contributed by atoms with van der Waals surface area (Å²) in [6, 6.07) is 10.5. The molecule has 0 unspecified atom stereocenters. The average molecular weight is 457 g/mol. The summed E-state index contributed by atoms with van der Waals surface area (Å²) in [5.74, 6) is -0.555. The maximum atomic E-state index is 12.6. The van der Waals surface area contributed by atoms with Crippen LogP contribution in [-0.2, 0) is 6.42 Å². The fraction of sp³-hybridized carbons (Fsp3) is 0.250. The van der Waals surface area contributed by atoms with E-state index in [0.29, 0.717) is 54.9 Å². The Hall–Kier alpha value is -4.52. The smallest absolute Gasteiger partial charge is 0.321 e. The van der Waals surface area contributed by atoms with Gasteiger partial charge in [0.25, 0.3) is 5.91 Å². The van der Waals surface area contributed by atoms with E-state index in [1.54, 1.807) is 47.8 Å². The third kappa shape index (κ3) is 5.63. The maximum Gasteiger partial charge on any atom is 0.321 e. The number of carbonyl (C=O) groups is 2. The first kappa shape index (κ1) is 22.7. The molecule has 0 aliphatic carbocycles. The molecule has 4 N–H and O–H groups in total. The number of aromatic nitrogens is 3. The van der Waals surface area contributed by atoms with Crippen molar-refractivity contribution >= 4 is 23.3 Å². The van der Waals surface area contributed by atoms with Gasteiger partial charge in [-0.25, -0.2) is 4.79 Å². The van der Waals surface area contributed by atoms with Crippen molar-refractivity contribution in [3.05, 3.63) is 77.6 Å². The van der Waals surface area contributed by atoms with Crippen LogP contribution < -0.4 is 16.4 Å². The van der Waals surface area contributed by atoms with Crippen molar-refractivity contribution in [3.63, 3.8) is 0 Å². The highest BCUT2D eigenvalue weighted by molar-refractivity contribution is 5.98. The second-order valence-electron chi connectivity index (χ2n) is 7.98. The van der Waals surface area contributed by atoms with Crippen molar-refractivity contribution in [1.29, 1.82) is 5.26 Å². The molecule has 0 radical (unpaired) electrons. The molecule has 3 heterocycles. The summed E-state index contributed by atoms with van der Waals surface area (Å²) in [4.78, 5) is 39.0. The zero-order chi connectivity index (χ0) is 23.9. The summed E-state index contributed by atoms with van der Waals surface area (Å²) in [6.07, 6.45) is 8.29. The number of pyridine rings is 1. The molecule has 4 rings (SSSR count). The second-order valence-corrected chi connectivity index (χ2v) is 7.98. The number of rotatable bonds is 6. The normalized spacial score (nSPS) is 13.7. The van der Waals surface area contributed by atoms with Crippen LogP contribution in [0.1, 0.15) is 40.2 Å². The third-order valence-corrected chi connectivity index (χ3v) is 5.61. The van der Waals surface area contributed by atoms with Gasteiger partial charge in [0.05, 0.1) is 28.6 Å². The molecule has 0 saturated carbocycles. The molecule has 1 fully saturated rings. The molecular weight excluding hydrogens is 432 g/mol. The lowest BCUT2D eigenvalue weighted by molar-refractivity contribution is 0.100. The van der Waals surface area contributed by atoms with E-state index in [1.807, 2.05) is 6.07 Å². The van der Waals surface area contributed by atoms with Crippen LogP contribution in [0.5, 0.6) is 0 Å². The summed E-state index contributed by atoms with van der Waals surface area (Å²) in [5.41, 5.74) is 9.20. The molecule has 172 valence electrons. The average Bonchev–Trinajstić information content (AvgIpc) is 2.85. The number of carbonyl (C=O) groups excluding carboxylic acids is 2. The van der Waals surface area contributed by atoms with E-state index in [0.717, 1.165) is 11.4 Å². The number of amides is 3. The topological polar surface area (TPSA) is 150 Å². The molecule has 1 aliphatic heterocycles. The van der Waals surface area contributed by atoms with Crippen molar-refractivity contribution in [2.24, 2.45) is 5.73 Å². The number of nitrogens with one attached hydrogen (secondary N) is 2. The lowest BCUT2D eigenvalue weighted by Crippen LogP contribution is -2.44. The summed E-state index contributed by atoms with van der Waals surface area (Å²) >= 11 is 0. The Morgan fingerprint density at radius 1 is 1.09 bits per heavy atom. The van der Waals surface area contributed by atoms with Crippen molar-refractivity contribution in [2.45, 2.75) is 25.3 Å². The number of nitriles is 1. The van der Waals surface area contributed by atoms with Crippen LogP contribution in [0.25, 0.3) is 0 Å². The van der Waals surface area contributed by atoms with Crippen LogP contribution >= 0.6 is 0 Å². The Morgan fingerprint density at radius 3 is 2.50 bits per heavy atom. The Balaban J connectivity index is 1.37. The largest absolute Gasteiger partial charge is 0.381 e. The van der Waals surface area contributed by atoms with Crippen molar-refractivity contribution in [2.75, 3.05) is 23.7 Å². The van der Waals surface area contributed by atoms with E-state index < -0.39 is 5.91 Å². The van der Waals surface area contributed by atoms with E-state index in [2.05, 4.69) is 31.7 Å². The predicted octanol–water partition coefficient (Wildman–Crippen LogP) is 2.54. The van der Waals surface area contributed by atoms with Gasteiger partial charge in [-0.15, -0.1) is 0 Å². The standard InChI is InChI=1S/C24H24N8O2/c25-13-16-1-3-17(4-2-16)31-24(34)32-9-5-18(6-10-32)30-22-12-19(29-15-21(22)23(26)33)11-20-14-27-7-8-28-20/h1-4,7-8,12,14-15,18H,5-6,9-11H2,(H2,26,33)(H,29,30)(H,31,34). The quantitative estimate of drug-likeness (QED) is 0.516. The lowest BCUT2D eigenvalue weighted by Gasteiger charge is -2.33. The number of primary amides is 1. The Kier molecular flexibility index (Phi) is 6.93. The number of hydrogen-bond donors (Lipinski definition) is 3. The molecule has 0 spiro atoms. The summed E-state index contributed by atoms with van der Waals surface area (Å²) in [5, 5.41) is 15.2. The fourth-order valence-electron chi connectivity index (χ4n) is 3.80. The monoisotopic (exact) mass is 456 g/mol. The second kappa shape index (κ2) is 10.4. The first-order valence-corrected chi connectivity index (χ1v) is 10.9. The zero-order valence-electron chi connectivity index (χ0n) is 18.4. The van der Waals surface area contributed by atoms with Crippen LogP contribution in [0.4, 0.5) is 16.2 Å². The Labute approximate surface area is 196 Å². The molecular formula is C24H24N8O2. The van der Waals surface area contributed by atoms with E-state index in [-0.39, 0.29) is 12.1 Å². The molecule has 1 saturated heterocycles. The van der Waals surface area contributed by atoms with Crippen molar-refractivity contribution in [1.82, 2.24) is 19.9 Å². The Morgan fingerprint density at radius 2 is 1.85 bits per heavy atom. The van der Waals surface area contributed by atoms with E-state index in [1.165, 1.54) is 6.20 Å². The number of anilines is 2. The number of nitrogens with zero attached hydrogens (tertiary/aromatic N) is 5. The predicted molar refractivity (Wildman–Crippen MR) is 126 cm³/mol. The van der Waals surface area contributed by atoms with Gasteiger partial charge < -0.3 is 21.3 Å². The van der Waals surface area contributed by atoms with Gasteiger partial charge in [-0.1, -0.05) is 0 Å². The van der Waals surface area contributed by atoms with E-state index in [4.69, 9.17) is 11.0 Å². The highest BCUT2D eigenvalue weighted by Crippen LogP contribution is 2.22. The molecule has 0 atom stereocenters. The van der Waals surface area contributed by atoms with Gasteiger partial charge in [0.1, 0.15) is 0 Å². The van der Waals surface area contributed by atoms with Gasteiger partial charge in [0.15, 0.2) is 0 Å². The fourth-order valence-corrected chi connectivity index (χ4v) is 3.80. The van der Waals surface area contributed by atoms with Crippen LogP contribution in [0, 0.1) is 11.3 Å². The number of nitrogens with two attached hydrogens (primary N) is 1. The number of piperidine rings is 1. The molecule has 10 heteroatoms. The van der Waals surface area contributed by atoms with Gasteiger partial charge in [0, 0.05) is 61.7 Å². The molecule has 34 heavy (non-hydrogen) atoms. The maximum absolute atomic E-state index is 12.6. The van der Waals surface area contributed by atoms with Gasteiger partial charge >= 0.3 is 6.03 Å². The summed E-state index contributed by atoms with van der Waals surface area (Å²) in [7, 11) is 0. The molecule has 2 aromatic heterocycles. The minimum Gasteiger partial charge on any atom is -0.381 e. The van der Waals surface area contributed by atoms with E-state index >= 15 is 0 Å². The highest BCUT2D eigenvalue weighted by atomic mass is 16.2. The van der Waals surface area contributed by atoms with Crippen LogP contribution in [0.3, 0.4) is 0 Å². The third-order valence-electron chi connectivity index (χ3n) is 5.61. The number of urea groups is 1. The Bertz CT molecular complexity index is 1200. The minimum absolute atomic E-state index is 0.0730. The van der Waals surface area contributed by atoms with Crippen molar-refractivity contribution in [3.8, 4) is 6.07 Å². The van der Waals surface area contributed by atoms with Gasteiger partial charge in [-0.2, -0.15) is 5.26 Å². The van der Waals surface area contributed by atoms with Crippen LogP contribution in [-0.4, -0.2) is 50.9 Å². The number of hydrogen-bond acceptors (Lipinski definition) is 7. The lowest BCUT2D eigenvalue weighted by atomic mass is 10.0. The summed E-state index contributed by atoms with van der Waals surface area (Å²) < 4.78 is 0. The highest BCUT2D eigenvalue weighted by Gasteiger charge is 2.24. The van der Waals surface area contributed by atoms with Crippen LogP contribution in [0.2, 0.25) is 0 Å². The van der Waals surface area contributed by atoms with Gasteiger partial charge in [-0.05, 0) is 43.2 Å². The molecule has 3 amide bonds. The minimum atomic E-state index is -0.555. The van der Waals surface area contributed by atoms with Gasteiger partial charge in [-0.3, -0.25) is 19.7 Å². The number of benzene rings is 1. The van der Waals surface area contributed by atoms with Crippen molar-refractivity contribution < 1.29 is 9.59 Å². The number of likely N-dealkylation sites (tertiary alicyclic amines) is 1. The van der Waals surface area contributed by atoms with Gasteiger partial charge in [0.2, 0.25) is 0 Å². The molecule has 0 bridgehead atoms. The van der Waals surface area contributed by atoms with Crippen LogP contribution in [0.15, 0.2) is 55.1 Å². The molecule has 10 nitrogen and oxygen atoms in total. The molecule has 1 aliphatic rings.